The van der Waals surface area contributed by atoms with Crippen molar-refractivity contribution in [3.63, 3.8) is 0 Å². The fourth-order valence-electron chi connectivity index (χ4n) is 2.91. The Morgan fingerprint density at radius 1 is 1.20 bits per heavy atom. The first-order chi connectivity index (χ1) is 12.0. The van der Waals surface area contributed by atoms with Gasteiger partial charge in [-0.2, -0.15) is 5.10 Å². The zero-order valence-corrected chi connectivity index (χ0v) is 15.6. The summed E-state index contributed by atoms with van der Waals surface area (Å²) < 4.78 is 1.41. The molecule has 136 valence electrons. The monoisotopic (exact) mass is 345 g/mol. The maximum absolute atomic E-state index is 12.7. The third-order valence-electron chi connectivity index (χ3n) is 4.39. The van der Waals surface area contributed by atoms with Gasteiger partial charge in [0.1, 0.15) is 0 Å². The number of benzene rings is 1. The number of carbonyl (C=O) groups excluding carboxylic acids is 1. The summed E-state index contributed by atoms with van der Waals surface area (Å²) in [5, 5.41) is 8.47. The summed E-state index contributed by atoms with van der Waals surface area (Å²) in [5.41, 5.74) is 0.179. The van der Waals surface area contributed by atoms with Crippen molar-refractivity contribution >= 4 is 16.7 Å². The average molecular weight is 345 g/mol. The van der Waals surface area contributed by atoms with Gasteiger partial charge in [0.15, 0.2) is 5.69 Å². The summed E-state index contributed by atoms with van der Waals surface area (Å²) in [5.74, 6) is 0.0498. The van der Waals surface area contributed by atoms with Crippen LogP contribution in [0.15, 0.2) is 29.1 Å². The van der Waals surface area contributed by atoms with Crippen LogP contribution >= 0.6 is 0 Å². The van der Waals surface area contributed by atoms with E-state index in [4.69, 9.17) is 0 Å². The van der Waals surface area contributed by atoms with Gasteiger partial charge in [0, 0.05) is 11.9 Å². The second-order valence-corrected chi connectivity index (χ2v) is 6.74. The lowest BCUT2D eigenvalue weighted by molar-refractivity contribution is -0.895. The molecule has 0 aliphatic heterocycles. The van der Waals surface area contributed by atoms with Gasteiger partial charge in [-0.05, 0) is 25.8 Å². The number of nitrogens with zero attached hydrogens (tertiary/aromatic N) is 2. The molecule has 25 heavy (non-hydrogen) atoms. The second-order valence-electron chi connectivity index (χ2n) is 6.74. The van der Waals surface area contributed by atoms with E-state index in [9.17, 15) is 9.59 Å². The Labute approximate surface area is 148 Å². The summed E-state index contributed by atoms with van der Waals surface area (Å²) >= 11 is 0. The van der Waals surface area contributed by atoms with Crippen LogP contribution in [0.4, 0.5) is 0 Å². The number of aromatic nitrogens is 2. The quantitative estimate of drug-likeness (QED) is 0.740. The predicted octanol–water partition coefficient (Wildman–Crippen LogP) is 0.707. The summed E-state index contributed by atoms with van der Waals surface area (Å²) in [6, 6.07) is 7.18. The van der Waals surface area contributed by atoms with Gasteiger partial charge in [-0.3, -0.25) is 9.59 Å². The normalized spacial score (nSPS) is 11.4. The molecule has 0 unspecified atom stereocenters. The molecule has 1 aromatic heterocycles. The smallest absolute Gasteiger partial charge is 0.274 e. The van der Waals surface area contributed by atoms with Crippen LogP contribution in [0.25, 0.3) is 10.8 Å². The SMILES string of the molecule is CC[NH+](CC)CCNC(=O)c1nn(CC(C)C)c(=O)c2ccccc12. The first-order valence-electron chi connectivity index (χ1n) is 9.09. The van der Waals surface area contributed by atoms with Gasteiger partial charge >= 0.3 is 0 Å². The molecule has 0 saturated heterocycles. The highest BCUT2D eigenvalue weighted by atomic mass is 16.2. The van der Waals surface area contributed by atoms with Crippen molar-refractivity contribution in [3.05, 3.63) is 40.3 Å². The molecule has 0 aliphatic carbocycles. The van der Waals surface area contributed by atoms with Gasteiger partial charge in [-0.1, -0.05) is 32.0 Å². The van der Waals surface area contributed by atoms with E-state index in [2.05, 4.69) is 24.3 Å². The Morgan fingerprint density at radius 3 is 2.44 bits per heavy atom. The van der Waals surface area contributed by atoms with Crippen LogP contribution in [0.1, 0.15) is 38.2 Å². The van der Waals surface area contributed by atoms with Crippen molar-refractivity contribution in [2.45, 2.75) is 34.2 Å². The molecule has 2 N–H and O–H groups in total. The van der Waals surface area contributed by atoms with Gasteiger partial charge in [0.2, 0.25) is 0 Å². The highest BCUT2D eigenvalue weighted by Gasteiger charge is 2.17. The lowest BCUT2D eigenvalue weighted by atomic mass is 10.1. The molecule has 0 atom stereocenters. The number of quaternary nitrogens is 1. The highest BCUT2D eigenvalue weighted by molar-refractivity contribution is 6.04. The fourth-order valence-corrected chi connectivity index (χ4v) is 2.91. The topological polar surface area (TPSA) is 68.4 Å². The van der Waals surface area contributed by atoms with Crippen molar-refractivity contribution in [1.82, 2.24) is 15.1 Å². The largest absolute Gasteiger partial charge is 0.345 e. The minimum atomic E-state index is -0.222. The number of carbonyl (C=O) groups is 1. The minimum absolute atomic E-state index is 0.145. The Hall–Kier alpha value is -2.21. The van der Waals surface area contributed by atoms with Gasteiger partial charge < -0.3 is 10.2 Å². The van der Waals surface area contributed by atoms with Crippen molar-refractivity contribution in [2.24, 2.45) is 5.92 Å². The number of hydrogen-bond acceptors (Lipinski definition) is 3. The van der Waals surface area contributed by atoms with Gasteiger partial charge in [-0.15, -0.1) is 0 Å². The van der Waals surface area contributed by atoms with E-state index >= 15 is 0 Å². The van der Waals surface area contributed by atoms with Crippen molar-refractivity contribution in [3.8, 4) is 0 Å². The Balaban J connectivity index is 2.31. The maximum atomic E-state index is 12.7. The second kappa shape index (κ2) is 8.76. The lowest BCUT2D eigenvalue weighted by Gasteiger charge is -2.16. The molecule has 2 rings (SSSR count). The van der Waals surface area contributed by atoms with Gasteiger partial charge in [0.05, 0.1) is 31.6 Å². The number of likely N-dealkylation sites (N-methyl/N-ethyl adjacent to an activating group) is 1. The van der Waals surface area contributed by atoms with Crippen LogP contribution in [0.5, 0.6) is 0 Å². The fraction of sp³-hybridized carbons (Fsp3) is 0.526. The minimum Gasteiger partial charge on any atom is -0.345 e. The van der Waals surface area contributed by atoms with E-state index in [1.54, 1.807) is 12.1 Å². The predicted molar refractivity (Wildman–Crippen MR) is 100 cm³/mol. The van der Waals surface area contributed by atoms with Crippen molar-refractivity contribution in [1.29, 1.82) is 0 Å². The van der Waals surface area contributed by atoms with Crippen LogP contribution in [0.2, 0.25) is 0 Å². The molecule has 6 nitrogen and oxygen atoms in total. The molecule has 0 fully saturated rings. The van der Waals surface area contributed by atoms with E-state index in [1.165, 1.54) is 9.58 Å². The molecule has 0 radical (unpaired) electrons. The number of fused-ring (bicyclic) bond motifs is 1. The summed E-state index contributed by atoms with van der Waals surface area (Å²) in [6.07, 6.45) is 0. The Kier molecular flexibility index (Phi) is 6.70. The average Bonchev–Trinajstić information content (AvgIpc) is 2.60. The number of hydrogen-bond donors (Lipinski definition) is 2. The molecule has 6 heteroatoms. The Bertz CT molecular complexity index is 779. The van der Waals surface area contributed by atoms with E-state index in [-0.39, 0.29) is 17.4 Å². The molecular formula is C19H29N4O2+. The van der Waals surface area contributed by atoms with Gasteiger partial charge in [-0.25, -0.2) is 4.68 Å². The van der Waals surface area contributed by atoms with E-state index < -0.39 is 0 Å². The van der Waals surface area contributed by atoms with E-state index in [0.29, 0.717) is 29.6 Å². The first kappa shape index (κ1) is 19.1. The molecule has 0 bridgehead atoms. The Morgan fingerprint density at radius 2 is 1.84 bits per heavy atom. The maximum Gasteiger partial charge on any atom is 0.274 e. The molecule has 0 aliphatic rings. The van der Waals surface area contributed by atoms with Crippen LogP contribution in [0, 0.1) is 5.92 Å². The number of nitrogens with one attached hydrogen (secondary N) is 2. The van der Waals surface area contributed by atoms with E-state index in [1.807, 2.05) is 26.0 Å². The third-order valence-corrected chi connectivity index (χ3v) is 4.39. The molecular weight excluding hydrogens is 316 g/mol. The highest BCUT2D eigenvalue weighted by Crippen LogP contribution is 2.13. The summed E-state index contributed by atoms with van der Waals surface area (Å²) in [6.45, 7) is 12.4. The van der Waals surface area contributed by atoms with E-state index in [0.717, 1.165) is 19.6 Å². The van der Waals surface area contributed by atoms with Crippen LogP contribution in [0.3, 0.4) is 0 Å². The van der Waals surface area contributed by atoms with Crippen molar-refractivity contribution in [2.75, 3.05) is 26.2 Å². The zero-order valence-electron chi connectivity index (χ0n) is 15.6. The summed E-state index contributed by atoms with van der Waals surface area (Å²) in [7, 11) is 0. The number of rotatable bonds is 8. The molecule has 1 heterocycles. The summed E-state index contributed by atoms with van der Waals surface area (Å²) in [4.78, 5) is 26.7. The molecule has 2 aromatic rings. The van der Waals surface area contributed by atoms with Gasteiger partial charge in [0.25, 0.3) is 11.5 Å². The van der Waals surface area contributed by atoms with Crippen LogP contribution in [-0.2, 0) is 6.54 Å². The molecule has 0 spiro atoms. The van der Waals surface area contributed by atoms with Crippen molar-refractivity contribution < 1.29 is 9.69 Å². The van der Waals surface area contributed by atoms with Crippen LogP contribution < -0.4 is 15.8 Å². The first-order valence-corrected chi connectivity index (χ1v) is 9.09. The zero-order chi connectivity index (χ0) is 18.4. The lowest BCUT2D eigenvalue weighted by Crippen LogP contribution is -3.12. The molecule has 1 amide bonds. The molecule has 1 aromatic carbocycles. The molecule has 0 saturated carbocycles. The third kappa shape index (κ3) is 4.66. The standard InChI is InChI=1S/C19H28N4O2/c1-5-22(6-2)12-11-20-18(24)17-15-9-7-8-10-16(15)19(25)23(21-17)13-14(3)4/h7-10,14H,5-6,11-13H2,1-4H3,(H,20,24)/p+1. The number of amides is 1. The van der Waals surface area contributed by atoms with Crippen LogP contribution in [-0.4, -0.2) is 41.9 Å².